The molecule has 1 aliphatic heterocycles. The second-order valence-electron chi connectivity index (χ2n) is 5.27. The van der Waals surface area contributed by atoms with Crippen LogP contribution in [0.1, 0.15) is 18.4 Å². The lowest BCUT2D eigenvalue weighted by atomic mass is 10.2. The summed E-state index contributed by atoms with van der Waals surface area (Å²) < 4.78 is 40.4. The highest BCUT2D eigenvalue weighted by atomic mass is 32.2. The fraction of sp³-hybridized carbons (Fsp3) is 0.538. The summed E-state index contributed by atoms with van der Waals surface area (Å²) >= 11 is 0. The molecule has 0 spiro atoms. The third kappa shape index (κ3) is 3.11. The Labute approximate surface area is 119 Å². The molecule has 0 aromatic heterocycles. The van der Waals surface area contributed by atoms with Crippen LogP contribution in [0.25, 0.3) is 0 Å². The van der Waals surface area contributed by atoms with Crippen molar-refractivity contribution < 1.29 is 12.8 Å². The van der Waals surface area contributed by atoms with E-state index < -0.39 is 15.8 Å². The van der Waals surface area contributed by atoms with Gasteiger partial charge in [-0.15, -0.1) is 0 Å². The lowest BCUT2D eigenvalue weighted by Gasteiger charge is -2.20. The summed E-state index contributed by atoms with van der Waals surface area (Å²) in [6.45, 7) is 2.89. The van der Waals surface area contributed by atoms with Crippen LogP contribution in [-0.2, 0) is 10.0 Å². The van der Waals surface area contributed by atoms with Crippen molar-refractivity contribution in [2.75, 3.05) is 25.9 Å². The molecule has 2 rings (SSSR count). The Morgan fingerprint density at radius 3 is 2.80 bits per heavy atom. The number of rotatable bonds is 4. The second-order valence-corrected chi connectivity index (χ2v) is 7.00. The number of nitrogens with two attached hydrogens (primary N) is 1. The molecule has 3 N–H and O–H groups in total. The Hall–Kier alpha value is -1.18. The Bertz CT molecular complexity index is 604. The standard InChI is InChI=1S/C13H20FN3O2S/c1-9-6-11(14)12(15)7-13(9)20(18,19)16-8-10-4-3-5-17(10)2/h6-7,10,16H,3-5,8,15H2,1-2H3. The van der Waals surface area contributed by atoms with Gasteiger partial charge in [0.15, 0.2) is 0 Å². The number of aryl methyl sites for hydroxylation is 1. The summed E-state index contributed by atoms with van der Waals surface area (Å²) in [5.41, 5.74) is 5.64. The molecule has 0 saturated carbocycles. The summed E-state index contributed by atoms with van der Waals surface area (Å²) in [5.74, 6) is -0.600. The van der Waals surface area contributed by atoms with Crippen LogP contribution < -0.4 is 10.5 Å². The summed E-state index contributed by atoms with van der Waals surface area (Å²) in [7, 11) is -1.69. The van der Waals surface area contributed by atoms with Crippen LogP contribution in [0.15, 0.2) is 17.0 Å². The zero-order valence-corrected chi connectivity index (χ0v) is 12.5. The van der Waals surface area contributed by atoms with Gasteiger partial charge in [0.25, 0.3) is 0 Å². The molecule has 5 nitrogen and oxygen atoms in total. The second kappa shape index (κ2) is 5.67. The number of sulfonamides is 1. The van der Waals surface area contributed by atoms with E-state index in [1.54, 1.807) is 6.92 Å². The van der Waals surface area contributed by atoms with Gasteiger partial charge in [0.05, 0.1) is 10.6 Å². The molecule has 0 aliphatic carbocycles. The highest BCUT2D eigenvalue weighted by molar-refractivity contribution is 7.89. The summed E-state index contributed by atoms with van der Waals surface area (Å²) in [5, 5.41) is 0. The van der Waals surface area contributed by atoms with Crippen molar-refractivity contribution >= 4 is 15.7 Å². The molecule has 1 saturated heterocycles. The first-order valence-corrected chi connectivity index (χ1v) is 8.05. The van der Waals surface area contributed by atoms with Crippen molar-refractivity contribution in [3.63, 3.8) is 0 Å². The predicted molar refractivity (Wildman–Crippen MR) is 76.4 cm³/mol. The molecular weight excluding hydrogens is 281 g/mol. The monoisotopic (exact) mass is 301 g/mol. The van der Waals surface area contributed by atoms with Gasteiger partial charge in [-0.2, -0.15) is 0 Å². The topological polar surface area (TPSA) is 75.4 Å². The van der Waals surface area contributed by atoms with Crippen LogP contribution in [0, 0.1) is 12.7 Å². The quantitative estimate of drug-likeness (QED) is 0.816. The fourth-order valence-electron chi connectivity index (χ4n) is 2.48. The van der Waals surface area contributed by atoms with E-state index in [4.69, 9.17) is 5.73 Å². The SMILES string of the molecule is Cc1cc(F)c(N)cc1S(=O)(=O)NCC1CCCN1C. The van der Waals surface area contributed by atoms with Crippen molar-refractivity contribution in [1.82, 2.24) is 9.62 Å². The third-order valence-electron chi connectivity index (χ3n) is 3.76. The average molecular weight is 301 g/mol. The maximum Gasteiger partial charge on any atom is 0.240 e. The number of benzene rings is 1. The lowest BCUT2D eigenvalue weighted by Crippen LogP contribution is -2.38. The summed E-state index contributed by atoms with van der Waals surface area (Å²) in [6, 6.07) is 2.53. The predicted octanol–water partition coefficient (Wildman–Crippen LogP) is 1.09. The van der Waals surface area contributed by atoms with Crippen molar-refractivity contribution in [2.24, 2.45) is 0 Å². The van der Waals surface area contributed by atoms with Gasteiger partial charge in [0, 0.05) is 12.6 Å². The third-order valence-corrected chi connectivity index (χ3v) is 5.33. The van der Waals surface area contributed by atoms with Crippen LogP contribution in [0.4, 0.5) is 10.1 Å². The van der Waals surface area contributed by atoms with Gasteiger partial charge in [-0.1, -0.05) is 0 Å². The van der Waals surface area contributed by atoms with Gasteiger partial charge in [0.1, 0.15) is 5.82 Å². The molecule has 1 atom stereocenters. The lowest BCUT2D eigenvalue weighted by molar-refractivity contribution is 0.311. The number of halogens is 1. The number of likely N-dealkylation sites (N-methyl/N-ethyl adjacent to an activating group) is 1. The Balaban J connectivity index is 2.16. The van der Waals surface area contributed by atoms with Crippen LogP contribution in [0.2, 0.25) is 0 Å². The van der Waals surface area contributed by atoms with E-state index in [9.17, 15) is 12.8 Å². The molecule has 0 amide bonds. The van der Waals surface area contributed by atoms with E-state index >= 15 is 0 Å². The maximum atomic E-state index is 13.3. The normalized spacial score (nSPS) is 20.4. The minimum atomic E-state index is -3.66. The number of nitrogens with one attached hydrogen (secondary N) is 1. The number of hydrogen-bond acceptors (Lipinski definition) is 4. The van der Waals surface area contributed by atoms with E-state index in [-0.39, 0.29) is 16.6 Å². The zero-order chi connectivity index (χ0) is 14.9. The number of likely N-dealkylation sites (tertiary alicyclic amines) is 1. The van der Waals surface area contributed by atoms with Crippen LogP contribution in [0.3, 0.4) is 0 Å². The highest BCUT2D eigenvalue weighted by Gasteiger charge is 2.24. The highest BCUT2D eigenvalue weighted by Crippen LogP contribution is 2.22. The van der Waals surface area contributed by atoms with Crippen molar-refractivity contribution in [3.8, 4) is 0 Å². The van der Waals surface area contributed by atoms with E-state index in [0.29, 0.717) is 12.1 Å². The van der Waals surface area contributed by atoms with Gasteiger partial charge in [-0.25, -0.2) is 17.5 Å². The first kappa shape index (κ1) is 15.2. The van der Waals surface area contributed by atoms with Crippen LogP contribution in [0.5, 0.6) is 0 Å². The molecule has 0 bridgehead atoms. The van der Waals surface area contributed by atoms with Gasteiger partial charge >= 0.3 is 0 Å². The fourth-order valence-corrected chi connectivity index (χ4v) is 3.81. The largest absolute Gasteiger partial charge is 0.396 e. The van der Waals surface area contributed by atoms with Crippen LogP contribution >= 0.6 is 0 Å². The van der Waals surface area contributed by atoms with E-state index in [0.717, 1.165) is 25.5 Å². The van der Waals surface area contributed by atoms with Crippen molar-refractivity contribution in [3.05, 3.63) is 23.5 Å². The molecule has 1 aliphatic rings. The number of nitrogens with zero attached hydrogens (tertiary/aromatic N) is 1. The minimum absolute atomic E-state index is 0.0389. The van der Waals surface area contributed by atoms with E-state index in [2.05, 4.69) is 9.62 Å². The minimum Gasteiger partial charge on any atom is -0.396 e. The number of anilines is 1. The molecule has 1 unspecified atom stereocenters. The smallest absolute Gasteiger partial charge is 0.240 e. The molecule has 1 aromatic rings. The van der Waals surface area contributed by atoms with Gasteiger partial charge < -0.3 is 10.6 Å². The molecule has 112 valence electrons. The molecule has 0 radical (unpaired) electrons. The van der Waals surface area contributed by atoms with Gasteiger partial charge in [-0.3, -0.25) is 0 Å². The Morgan fingerprint density at radius 2 is 2.20 bits per heavy atom. The molecule has 1 heterocycles. The van der Waals surface area contributed by atoms with Gasteiger partial charge in [-0.05, 0) is 51.1 Å². The summed E-state index contributed by atoms with van der Waals surface area (Å²) in [4.78, 5) is 2.17. The molecule has 7 heteroatoms. The molecule has 1 fully saturated rings. The van der Waals surface area contributed by atoms with Gasteiger partial charge in [0.2, 0.25) is 10.0 Å². The number of hydrogen-bond donors (Lipinski definition) is 2. The van der Waals surface area contributed by atoms with E-state index in [1.165, 1.54) is 6.07 Å². The van der Waals surface area contributed by atoms with Crippen molar-refractivity contribution in [2.45, 2.75) is 30.7 Å². The molecule has 20 heavy (non-hydrogen) atoms. The first-order chi connectivity index (χ1) is 9.31. The molecular formula is C13H20FN3O2S. The molecule has 1 aromatic carbocycles. The average Bonchev–Trinajstić information content (AvgIpc) is 2.77. The maximum absolute atomic E-state index is 13.3. The zero-order valence-electron chi connectivity index (χ0n) is 11.7. The van der Waals surface area contributed by atoms with Crippen LogP contribution in [-0.4, -0.2) is 39.5 Å². The summed E-state index contributed by atoms with van der Waals surface area (Å²) in [6.07, 6.45) is 2.05. The first-order valence-electron chi connectivity index (χ1n) is 6.57. The van der Waals surface area contributed by atoms with E-state index in [1.807, 2.05) is 7.05 Å². The Kier molecular flexibility index (Phi) is 4.31. The van der Waals surface area contributed by atoms with Crippen molar-refractivity contribution in [1.29, 1.82) is 0 Å². The Morgan fingerprint density at radius 1 is 1.50 bits per heavy atom. The number of nitrogen functional groups attached to an aromatic ring is 1.